The molecular formula is C12H10BrFN2OS. The molecule has 0 saturated heterocycles. The van der Waals surface area contributed by atoms with Crippen molar-refractivity contribution in [3.05, 3.63) is 44.6 Å². The molecule has 0 aliphatic rings. The molecule has 94 valence electrons. The number of carbonyl (C=O) groups excluding carboxylic acids is 1. The van der Waals surface area contributed by atoms with Gasteiger partial charge in [-0.05, 0) is 48.0 Å². The van der Waals surface area contributed by atoms with Crippen LogP contribution >= 0.6 is 27.3 Å². The number of anilines is 1. The Morgan fingerprint density at radius 3 is 2.72 bits per heavy atom. The number of amides is 1. The van der Waals surface area contributed by atoms with Crippen molar-refractivity contribution in [3.8, 4) is 0 Å². The smallest absolute Gasteiger partial charge is 0.258 e. The van der Waals surface area contributed by atoms with Gasteiger partial charge in [0.15, 0.2) is 5.13 Å². The molecule has 1 aromatic carbocycles. The molecule has 0 fully saturated rings. The van der Waals surface area contributed by atoms with Crippen LogP contribution in [0.4, 0.5) is 9.52 Å². The number of nitrogens with zero attached hydrogens (tertiary/aromatic N) is 1. The zero-order valence-corrected chi connectivity index (χ0v) is 12.2. The van der Waals surface area contributed by atoms with E-state index in [1.54, 1.807) is 0 Å². The van der Waals surface area contributed by atoms with Gasteiger partial charge in [-0.15, -0.1) is 11.3 Å². The second-order valence-corrected chi connectivity index (χ2v) is 5.80. The summed E-state index contributed by atoms with van der Waals surface area (Å²) in [6, 6.07) is 3.94. The van der Waals surface area contributed by atoms with Gasteiger partial charge < -0.3 is 0 Å². The van der Waals surface area contributed by atoms with Crippen molar-refractivity contribution in [2.45, 2.75) is 13.8 Å². The molecule has 6 heteroatoms. The molecule has 0 bridgehead atoms. The van der Waals surface area contributed by atoms with Crippen LogP contribution in [0.5, 0.6) is 0 Å². The number of hydrogen-bond donors (Lipinski definition) is 1. The third kappa shape index (κ3) is 2.76. The third-order valence-electron chi connectivity index (χ3n) is 2.42. The lowest BCUT2D eigenvalue weighted by Gasteiger charge is -2.04. The Kier molecular flexibility index (Phi) is 3.77. The summed E-state index contributed by atoms with van der Waals surface area (Å²) in [6.07, 6.45) is 0. The summed E-state index contributed by atoms with van der Waals surface area (Å²) in [5, 5.41) is 3.24. The molecule has 18 heavy (non-hydrogen) atoms. The fraction of sp³-hybridized carbons (Fsp3) is 0.167. The summed E-state index contributed by atoms with van der Waals surface area (Å²) in [5.41, 5.74) is 1.27. The van der Waals surface area contributed by atoms with Gasteiger partial charge in [-0.1, -0.05) is 0 Å². The Labute approximate surface area is 116 Å². The van der Waals surface area contributed by atoms with Crippen molar-refractivity contribution >= 4 is 38.3 Å². The average Bonchev–Trinajstić information content (AvgIpc) is 2.57. The van der Waals surface area contributed by atoms with Crippen LogP contribution in [-0.4, -0.2) is 10.9 Å². The van der Waals surface area contributed by atoms with E-state index in [1.807, 2.05) is 13.8 Å². The van der Waals surface area contributed by atoms with Gasteiger partial charge in [0.2, 0.25) is 0 Å². The minimum Gasteiger partial charge on any atom is -0.298 e. The van der Waals surface area contributed by atoms with Gasteiger partial charge in [-0.25, -0.2) is 9.37 Å². The van der Waals surface area contributed by atoms with E-state index in [2.05, 4.69) is 26.2 Å². The lowest BCUT2D eigenvalue weighted by atomic mass is 10.2. The van der Waals surface area contributed by atoms with Crippen molar-refractivity contribution in [2.75, 3.05) is 5.32 Å². The van der Waals surface area contributed by atoms with Gasteiger partial charge in [-0.3, -0.25) is 10.1 Å². The summed E-state index contributed by atoms with van der Waals surface area (Å²) >= 11 is 4.58. The number of benzene rings is 1. The van der Waals surface area contributed by atoms with E-state index in [0.717, 1.165) is 10.6 Å². The zero-order chi connectivity index (χ0) is 13.3. The van der Waals surface area contributed by atoms with Gasteiger partial charge in [0.05, 0.1) is 11.3 Å². The first-order chi connectivity index (χ1) is 8.47. The Balaban J connectivity index is 2.22. The fourth-order valence-corrected chi connectivity index (χ4v) is 2.70. The molecule has 1 aromatic heterocycles. The molecular weight excluding hydrogens is 319 g/mol. The third-order valence-corrected chi connectivity index (χ3v) is 4.07. The van der Waals surface area contributed by atoms with Crippen LogP contribution in [0.2, 0.25) is 0 Å². The minimum absolute atomic E-state index is 0.310. The predicted molar refractivity (Wildman–Crippen MR) is 73.6 cm³/mol. The van der Waals surface area contributed by atoms with E-state index in [4.69, 9.17) is 0 Å². The van der Waals surface area contributed by atoms with Crippen LogP contribution in [0.3, 0.4) is 0 Å². The molecule has 1 N–H and O–H groups in total. The summed E-state index contributed by atoms with van der Waals surface area (Å²) in [5.74, 6) is -0.699. The number of halogens is 2. The minimum atomic E-state index is -0.389. The maximum absolute atomic E-state index is 12.9. The van der Waals surface area contributed by atoms with Crippen LogP contribution in [-0.2, 0) is 0 Å². The predicted octanol–water partition coefficient (Wildman–Crippen LogP) is 3.91. The summed E-state index contributed by atoms with van der Waals surface area (Å²) < 4.78 is 13.3. The molecule has 0 saturated carbocycles. The molecule has 0 aliphatic carbocycles. The van der Waals surface area contributed by atoms with Crippen molar-refractivity contribution in [3.63, 3.8) is 0 Å². The first-order valence-electron chi connectivity index (χ1n) is 5.18. The van der Waals surface area contributed by atoms with E-state index in [-0.39, 0.29) is 11.7 Å². The van der Waals surface area contributed by atoms with Gasteiger partial charge in [-0.2, -0.15) is 0 Å². The molecule has 0 atom stereocenters. The largest absolute Gasteiger partial charge is 0.298 e. The van der Waals surface area contributed by atoms with Crippen molar-refractivity contribution in [2.24, 2.45) is 0 Å². The molecule has 3 nitrogen and oxygen atoms in total. The van der Waals surface area contributed by atoms with E-state index in [0.29, 0.717) is 15.2 Å². The van der Waals surface area contributed by atoms with Crippen LogP contribution in [0.15, 0.2) is 22.7 Å². The summed E-state index contributed by atoms with van der Waals surface area (Å²) in [6.45, 7) is 3.83. The average molecular weight is 329 g/mol. The van der Waals surface area contributed by atoms with Gasteiger partial charge in [0.25, 0.3) is 5.91 Å². The number of aromatic nitrogens is 1. The van der Waals surface area contributed by atoms with E-state index in [1.165, 1.54) is 29.5 Å². The van der Waals surface area contributed by atoms with Gasteiger partial charge in [0.1, 0.15) is 5.82 Å². The second-order valence-electron chi connectivity index (χ2n) is 3.74. The van der Waals surface area contributed by atoms with Crippen LogP contribution in [0.25, 0.3) is 0 Å². The van der Waals surface area contributed by atoms with Crippen molar-refractivity contribution in [1.29, 1.82) is 0 Å². The standard InChI is InChI=1S/C12H10BrFN2OS/c1-6-7(2)18-12(15-6)16-11(17)9-4-3-8(14)5-10(9)13/h3-5H,1-2H3,(H,15,16,17). The molecule has 1 amide bonds. The van der Waals surface area contributed by atoms with Crippen LogP contribution in [0.1, 0.15) is 20.9 Å². The highest BCUT2D eigenvalue weighted by Crippen LogP contribution is 2.23. The Morgan fingerprint density at radius 2 is 2.17 bits per heavy atom. The fourth-order valence-electron chi connectivity index (χ4n) is 1.36. The first-order valence-corrected chi connectivity index (χ1v) is 6.79. The first kappa shape index (κ1) is 13.2. The normalized spacial score (nSPS) is 10.4. The molecule has 1 heterocycles. The summed E-state index contributed by atoms with van der Waals surface area (Å²) in [4.78, 5) is 17.2. The number of nitrogens with one attached hydrogen (secondary N) is 1. The Bertz CT molecular complexity index is 593. The SMILES string of the molecule is Cc1nc(NC(=O)c2ccc(F)cc2Br)sc1C. The lowest BCUT2D eigenvalue weighted by Crippen LogP contribution is -2.12. The van der Waals surface area contributed by atoms with Crippen molar-refractivity contribution < 1.29 is 9.18 Å². The van der Waals surface area contributed by atoms with Crippen LogP contribution in [0, 0.1) is 19.7 Å². The molecule has 0 spiro atoms. The summed E-state index contributed by atoms with van der Waals surface area (Å²) in [7, 11) is 0. The van der Waals surface area contributed by atoms with E-state index >= 15 is 0 Å². The number of carbonyl (C=O) groups is 1. The number of aryl methyl sites for hydroxylation is 2. The van der Waals surface area contributed by atoms with E-state index in [9.17, 15) is 9.18 Å². The number of thiazole rings is 1. The highest BCUT2D eigenvalue weighted by atomic mass is 79.9. The number of hydrogen-bond acceptors (Lipinski definition) is 3. The molecule has 0 radical (unpaired) electrons. The van der Waals surface area contributed by atoms with E-state index < -0.39 is 0 Å². The monoisotopic (exact) mass is 328 g/mol. The zero-order valence-electron chi connectivity index (χ0n) is 9.75. The molecule has 2 aromatic rings. The Hall–Kier alpha value is -1.27. The van der Waals surface area contributed by atoms with Gasteiger partial charge >= 0.3 is 0 Å². The second kappa shape index (κ2) is 5.16. The highest BCUT2D eigenvalue weighted by Gasteiger charge is 2.13. The van der Waals surface area contributed by atoms with Gasteiger partial charge in [0, 0.05) is 9.35 Å². The molecule has 2 rings (SSSR count). The maximum atomic E-state index is 12.9. The topological polar surface area (TPSA) is 42.0 Å². The molecule has 0 unspecified atom stereocenters. The maximum Gasteiger partial charge on any atom is 0.258 e. The van der Waals surface area contributed by atoms with Crippen LogP contribution < -0.4 is 5.32 Å². The highest BCUT2D eigenvalue weighted by molar-refractivity contribution is 9.10. The quantitative estimate of drug-likeness (QED) is 0.907. The lowest BCUT2D eigenvalue weighted by molar-refractivity contribution is 0.102. The molecule has 0 aliphatic heterocycles. The van der Waals surface area contributed by atoms with Crippen molar-refractivity contribution in [1.82, 2.24) is 4.98 Å². The number of rotatable bonds is 2. The Morgan fingerprint density at radius 1 is 1.44 bits per heavy atom.